The van der Waals surface area contributed by atoms with E-state index in [4.69, 9.17) is 0 Å². The number of amides is 1. The normalized spacial score (nSPS) is 26.5. The molecule has 3 atom stereocenters. The Hall–Kier alpha value is -1.65. The second kappa shape index (κ2) is 6.93. The third-order valence-electron chi connectivity index (χ3n) is 5.46. The largest absolute Gasteiger partial charge is 0.333 e. The van der Waals surface area contributed by atoms with Crippen LogP contribution < -0.4 is 0 Å². The molecule has 130 valence electrons. The van der Waals surface area contributed by atoms with E-state index in [1.807, 2.05) is 6.07 Å². The van der Waals surface area contributed by atoms with E-state index in [9.17, 15) is 4.79 Å². The van der Waals surface area contributed by atoms with Gasteiger partial charge in [-0.25, -0.2) is 0 Å². The molecule has 1 saturated heterocycles. The number of benzene rings is 2. The summed E-state index contributed by atoms with van der Waals surface area (Å²) in [6, 6.07) is 19.0. The summed E-state index contributed by atoms with van der Waals surface area (Å²) in [7, 11) is 2.14. The first kappa shape index (κ1) is 16.8. The first-order valence-corrected chi connectivity index (χ1v) is 9.72. The summed E-state index contributed by atoms with van der Waals surface area (Å²) in [5.74, 6) is 0.863. The van der Waals surface area contributed by atoms with Crippen LogP contribution in [0.5, 0.6) is 0 Å². The Labute approximate surface area is 157 Å². The lowest BCUT2D eigenvalue weighted by molar-refractivity contribution is -0.137. The average Bonchev–Trinajstić information content (AvgIpc) is 3.43. The third kappa shape index (κ3) is 3.51. The van der Waals surface area contributed by atoms with Gasteiger partial charge in [0.1, 0.15) is 0 Å². The number of likely N-dealkylation sites (N-methyl/N-ethyl adjacent to an activating group) is 1. The van der Waals surface area contributed by atoms with Crippen LogP contribution in [0, 0.1) is 5.92 Å². The minimum atomic E-state index is 0.149. The summed E-state index contributed by atoms with van der Waals surface area (Å²) in [6.45, 7) is 2.68. The van der Waals surface area contributed by atoms with E-state index in [0.29, 0.717) is 11.8 Å². The summed E-state index contributed by atoms with van der Waals surface area (Å²) in [4.78, 5) is 17.6. The Balaban J connectivity index is 1.51. The van der Waals surface area contributed by atoms with Crippen LogP contribution in [0.25, 0.3) is 0 Å². The number of carbonyl (C=O) groups excluding carboxylic acids is 1. The molecule has 1 heterocycles. The molecule has 4 rings (SSSR count). The number of carbonyl (C=O) groups is 1. The standard InChI is InChI=1S/C21H23BrN2O/c1-23-11-12-24(20(14-23)16-5-3-2-4-6-16)21(25)19-13-18(19)15-7-9-17(22)10-8-15/h2-10,18-20H,11-14H2,1H3. The number of hydrogen-bond donors (Lipinski definition) is 0. The molecule has 0 spiro atoms. The Morgan fingerprint density at radius 3 is 2.44 bits per heavy atom. The SMILES string of the molecule is CN1CCN(C(=O)C2CC2c2ccc(Br)cc2)C(c2ccccc2)C1. The van der Waals surface area contributed by atoms with Crippen molar-refractivity contribution < 1.29 is 4.79 Å². The van der Waals surface area contributed by atoms with E-state index < -0.39 is 0 Å². The highest BCUT2D eigenvalue weighted by Crippen LogP contribution is 2.49. The fourth-order valence-electron chi connectivity index (χ4n) is 3.90. The van der Waals surface area contributed by atoms with E-state index in [1.165, 1.54) is 11.1 Å². The van der Waals surface area contributed by atoms with Gasteiger partial charge in [0.2, 0.25) is 5.91 Å². The van der Waals surface area contributed by atoms with Crippen LogP contribution in [0.1, 0.15) is 29.5 Å². The van der Waals surface area contributed by atoms with Gasteiger partial charge >= 0.3 is 0 Å². The van der Waals surface area contributed by atoms with Crippen molar-refractivity contribution in [3.05, 3.63) is 70.2 Å². The summed E-state index contributed by atoms with van der Waals surface area (Å²) in [6.07, 6.45) is 0.980. The maximum absolute atomic E-state index is 13.2. The van der Waals surface area contributed by atoms with Gasteiger partial charge < -0.3 is 9.80 Å². The molecule has 1 amide bonds. The molecule has 0 N–H and O–H groups in total. The number of hydrogen-bond acceptors (Lipinski definition) is 2. The first-order valence-electron chi connectivity index (χ1n) is 8.93. The predicted octanol–water partition coefficient (Wildman–Crippen LogP) is 4.07. The maximum atomic E-state index is 13.2. The zero-order valence-electron chi connectivity index (χ0n) is 14.4. The molecule has 1 aliphatic carbocycles. The topological polar surface area (TPSA) is 23.6 Å². The van der Waals surface area contributed by atoms with Crippen molar-refractivity contribution >= 4 is 21.8 Å². The predicted molar refractivity (Wildman–Crippen MR) is 103 cm³/mol. The van der Waals surface area contributed by atoms with Crippen LogP contribution in [0.15, 0.2) is 59.1 Å². The number of halogens is 1. The minimum Gasteiger partial charge on any atom is -0.333 e. The molecular formula is C21H23BrN2O. The fourth-order valence-corrected chi connectivity index (χ4v) is 4.17. The van der Waals surface area contributed by atoms with E-state index in [-0.39, 0.29) is 12.0 Å². The molecule has 0 aromatic heterocycles. The monoisotopic (exact) mass is 398 g/mol. The molecule has 0 radical (unpaired) electrons. The van der Waals surface area contributed by atoms with Crippen molar-refractivity contribution in [2.75, 3.05) is 26.7 Å². The highest BCUT2D eigenvalue weighted by atomic mass is 79.9. The summed E-state index contributed by atoms with van der Waals surface area (Å²) >= 11 is 3.48. The average molecular weight is 399 g/mol. The number of rotatable bonds is 3. The highest BCUT2D eigenvalue weighted by molar-refractivity contribution is 9.10. The van der Waals surface area contributed by atoms with Gasteiger partial charge in [-0.2, -0.15) is 0 Å². The van der Waals surface area contributed by atoms with Gasteiger partial charge in [0, 0.05) is 30.0 Å². The van der Waals surface area contributed by atoms with Gasteiger partial charge in [-0.3, -0.25) is 4.79 Å². The van der Waals surface area contributed by atoms with Gasteiger partial charge in [-0.1, -0.05) is 58.4 Å². The lowest BCUT2D eigenvalue weighted by Gasteiger charge is -2.40. The van der Waals surface area contributed by atoms with Crippen molar-refractivity contribution in [1.82, 2.24) is 9.80 Å². The van der Waals surface area contributed by atoms with Gasteiger partial charge in [0.25, 0.3) is 0 Å². The van der Waals surface area contributed by atoms with E-state index >= 15 is 0 Å². The van der Waals surface area contributed by atoms with Gasteiger partial charge in [-0.15, -0.1) is 0 Å². The lowest BCUT2D eigenvalue weighted by atomic mass is 10.0. The van der Waals surface area contributed by atoms with Crippen LogP contribution in [0.3, 0.4) is 0 Å². The molecule has 3 unspecified atom stereocenters. The lowest BCUT2D eigenvalue weighted by Crippen LogP contribution is -2.49. The van der Waals surface area contributed by atoms with Crippen molar-refractivity contribution in [3.8, 4) is 0 Å². The third-order valence-corrected chi connectivity index (χ3v) is 5.99. The Bertz CT molecular complexity index is 746. The van der Waals surface area contributed by atoms with Crippen molar-refractivity contribution in [3.63, 3.8) is 0 Å². The first-order chi connectivity index (χ1) is 12.1. The molecule has 3 nitrogen and oxygen atoms in total. The van der Waals surface area contributed by atoms with Gasteiger partial charge in [0.05, 0.1) is 6.04 Å². The molecule has 2 fully saturated rings. The smallest absolute Gasteiger partial charge is 0.226 e. The molecule has 2 aromatic carbocycles. The van der Waals surface area contributed by atoms with Crippen LogP contribution in [0.4, 0.5) is 0 Å². The van der Waals surface area contributed by atoms with Crippen LogP contribution in [0.2, 0.25) is 0 Å². The minimum absolute atomic E-state index is 0.149. The Morgan fingerprint density at radius 2 is 1.72 bits per heavy atom. The van der Waals surface area contributed by atoms with Gasteiger partial charge in [-0.05, 0) is 42.6 Å². The molecule has 1 saturated carbocycles. The highest BCUT2D eigenvalue weighted by Gasteiger charge is 2.47. The molecular weight excluding hydrogens is 376 g/mol. The van der Waals surface area contributed by atoms with Crippen molar-refractivity contribution in [2.24, 2.45) is 5.92 Å². The Morgan fingerprint density at radius 1 is 1.00 bits per heavy atom. The number of nitrogens with zero attached hydrogens (tertiary/aromatic N) is 2. The molecule has 2 aliphatic rings. The van der Waals surface area contributed by atoms with Crippen LogP contribution in [-0.4, -0.2) is 42.4 Å². The quantitative estimate of drug-likeness (QED) is 0.777. The van der Waals surface area contributed by atoms with Crippen LogP contribution in [-0.2, 0) is 4.79 Å². The maximum Gasteiger partial charge on any atom is 0.226 e. The van der Waals surface area contributed by atoms with Crippen molar-refractivity contribution in [1.29, 1.82) is 0 Å². The van der Waals surface area contributed by atoms with E-state index in [0.717, 1.165) is 30.5 Å². The molecule has 1 aliphatic heterocycles. The summed E-state index contributed by atoms with van der Waals surface area (Å²) in [5.41, 5.74) is 2.52. The van der Waals surface area contributed by atoms with E-state index in [1.54, 1.807) is 0 Å². The Kier molecular flexibility index (Phi) is 4.65. The molecule has 25 heavy (non-hydrogen) atoms. The fraction of sp³-hybridized carbons (Fsp3) is 0.381. The summed E-state index contributed by atoms with van der Waals surface area (Å²) < 4.78 is 1.09. The van der Waals surface area contributed by atoms with E-state index in [2.05, 4.69) is 81.3 Å². The molecule has 2 aromatic rings. The van der Waals surface area contributed by atoms with Crippen LogP contribution >= 0.6 is 15.9 Å². The van der Waals surface area contributed by atoms with Gasteiger partial charge in [0.15, 0.2) is 0 Å². The zero-order valence-corrected chi connectivity index (χ0v) is 16.0. The molecule has 0 bridgehead atoms. The summed E-state index contributed by atoms with van der Waals surface area (Å²) in [5, 5.41) is 0. The number of piperazine rings is 1. The second-order valence-corrected chi connectivity index (χ2v) is 8.14. The second-order valence-electron chi connectivity index (χ2n) is 7.22. The van der Waals surface area contributed by atoms with Crippen molar-refractivity contribution in [2.45, 2.75) is 18.4 Å². The zero-order chi connectivity index (χ0) is 17.4. The molecule has 4 heteroatoms.